The minimum absolute atomic E-state index is 0.224. The molecule has 0 aromatic heterocycles. The number of hydrogen-bond donors (Lipinski definition) is 0. The van der Waals surface area contributed by atoms with Crippen molar-refractivity contribution in [3.05, 3.63) is 0 Å². The van der Waals surface area contributed by atoms with Crippen molar-refractivity contribution < 1.29 is 17.9 Å². The molecule has 0 bridgehead atoms. The molecule has 0 rings (SSSR count). The topological polar surface area (TPSA) is 9.23 Å². The molecule has 0 radical (unpaired) electrons. The van der Waals surface area contributed by atoms with Gasteiger partial charge in [0, 0.05) is 0 Å². The Kier molecular flexibility index (Phi) is 4.49. The van der Waals surface area contributed by atoms with Crippen LogP contribution in [-0.2, 0) is 4.74 Å². The van der Waals surface area contributed by atoms with Crippen molar-refractivity contribution in [3.8, 4) is 0 Å². The summed E-state index contributed by atoms with van der Waals surface area (Å²) >= 11 is 0. The second-order valence-corrected chi connectivity index (χ2v) is 2.60. The summed E-state index contributed by atoms with van der Waals surface area (Å²) in [6.07, 6.45) is -3.11. The third-order valence-corrected chi connectivity index (χ3v) is 1.57. The summed E-state index contributed by atoms with van der Waals surface area (Å²) in [5.41, 5.74) is 0. The molecule has 0 aromatic rings. The SMILES string of the molecule is CCC(C)CCOC(F)(F)F. The van der Waals surface area contributed by atoms with E-state index in [9.17, 15) is 13.2 Å². The molecule has 0 aromatic carbocycles. The van der Waals surface area contributed by atoms with E-state index in [4.69, 9.17) is 0 Å². The highest BCUT2D eigenvalue weighted by atomic mass is 19.4. The van der Waals surface area contributed by atoms with Gasteiger partial charge in [-0.1, -0.05) is 20.3 Å². The summed E-state index contributed by atoms with van der Waals surface area (Å²) in [4.78, 5) is 0. The van der Waals surface area contributed by atoms with E-state index in [0.29, 0.717) is 12.3 Å². The lowest BCUT2D eigenvalue weighted by molar-refractivity contribution is -0.325. The normalized spacial score (nSPS) is 15.0. The van der Waals surface area contributed by atoms with Crippen LogP contribution in [0.1, 0.15) is 26.7 Å². The Labute approximate surface area is 64.5 Å². The minimum atomic E-state index is -4.46. The minimum Gasteiger partial charge on any atom is -0.292 e. The molecule has 0 aliphatic carbocycles. The first-order valence-electron chi connectivity index (χ1n) is 3.66. The van der Waals surface area contributed by atoms with Crippen molar-refractivity contribution in [1.29, 1.82) is 0 Å². The highest BCUT2D eigenvalue weighted by Crippen LogP contribution is 2.17. The first-order valence-corrected chi connectivity index (χ1v) is 3.66. The van der Waals surface area contributed by atoms with Crippen LogP contribution in [0.15, 0.2) is 0 Å². The second-order valence-electron chi connectivity index (χ2n) is 2.60. The maximum Gasteiger partial charge on any atom is 0.522 e. The molecule has 0 heterocycles. The Hall–Kier alpha value is -0.250. The molecule has 1 atom stereocenters. The van der Waals surface area contributed by atoms with Crippen LogP contribution < -0.4 is 0 Å². The average molecular weight is 170 g/mol. The Morgan fingerprint density at radius 2 is 1.91 bits per heavy atom. The summed E-state index contributed by atoms with van der Waals surface area (Å²) in [5, 5.41) is 0. The molecule has 11 heavy (non-hydrogen) atoms. The fraction of sp³-hybridized carbons (Fsp3) is 1.00. The highest BCUT2D eigenvalue weighted by molar-refractivity contribution is 4.48. The number of halogens is 3. The van der Waals surface area contributed by atoms with Crippen molar-refractivity contribution in [2.75, 3.05) is 6.61 Å². The van der Waals surface area contributed by atoms with E-state index in [0.717, 1.165) is 6.42 Å². The van der Waals surface area contributed by atoms with Gasteiger partial charge in [-0.05, 0) is 12.3 Å². The fourth-order valence-electron chi connectivity index (χ4n) is 0.580. The zero-order valence-corrected chi connectivity index (χ0v) is 6.74. The van der Waals surface area contributed by atoms with Crippen LogP contribution in [0.25, 0.3) is 0 Å². The number of hydrogen-bond acceptors (Lipinski definition) is 1. The zero-order valence-electron chi connectivity index (χ0n) is 6.74. The van der Waals surface area contributed by atoms with Gasteiger partial charge in [0.1, 0.15) is 0 Å². The third-order valence-electron chi connectivity index (χ3n) is 1.57. The molecule has 0 aliphatic rings. The summed E-state index contributed by atoms with van der Waals surface area (Å²) < 4.78 is 37.8. The molecule has 0 spiro atoms. The molecular formula is C7H13F3O. The van der Waals surface area contributed by atoms with Gasteiger partial charge in [0.15, 0.2) is 0 Å². The smallest absolute Gasteiger partial charge is 0.292 e. The van der Waals surface area contributed by atoms with Gasteiger partial charge in [0.05, 0.1) is 6.61 Å². The van der Waals surface area contributed by atoms with Crippen molar-refractivity contribution in [2.24, 2.45) is 5.92 Å². The summed E-state index contributed by atoms with van der Waals surface area (Å²) in [6.45, 7) is 3.62. The second kappa shape index (κ2) is 4.59. The van der Waals surface area contributed by atoms with Gasteiger partial charge in [-0.2, -0.15) is 0 Å². The van der Waals surface area contributed by atoms with Gasteiger partial charge in [-0.25, -0.2) is 0 Å². The largest absolute Gasteiger partial charge is 0.522 e. The first kappa shape index (κ1) is 10.8. The summed E-state index contributed by atoms with van der Waals surface area (Å²) in [6, 6.07) is 0. The number of alkyl halides is 3. The number of ether oxygens (including phenoxy) is 1. The van der Waals surface area contributed by atoms with E-state index in [2.05, 4.69) is 4.74 Å². The zero-order chi connectivity index (χ0) is 8.91. The Bertz CT molecular complexity index is 100. The van der Waals surface area contributed by atoms with Crippen LogP contribution in [0.2, 0.25) is 0 Å². The van der Waals surface area contributed by atoms with E-state index in [1.54, 1.807) is 0 Å². The quantitative estimate of drug-likeness (QED) is 0.630. The Morgan fingerprint density at radius 3 is 2.27 bits per heavy atom. The monoisotopic (exact) mass is 170 g/mol. The van der Waals surface area contributed by atoms with E-state index < -0.39 is 6.36 Å². The van der Waals surface area contributed by atoms with E-state index in [1.165, 1.54) is 0 Å². The standard InChI is InChI=1S/C7H13F3O/c1-3-6(2)4-5-11-7(8,9)10/h6H,3-5H2,1-2H3. The van der Waals surface area contributed by atoms with Gasteiger partial charge >= 0.3 is 6.36 Å². The first-order chi connectivity index (χ1) is 4.95. The van der Waals surface area contributed by atoms with E-state index in [-0.39, 0.29) is 6.61 Å². The van der Waals surface area contributed by atoms with Crippen LogP contribution in [0.3, 0.4) is 0 Å². The predicted octanol–water partition coefficient (Wildman–Crippen LogP) is 2.96. The van der Waals surface area contributed by atoms with E-state index >= 15 is 0 Å². The molecular weight excluding hydrogens is 157 g/mol. The van der Waals surface area contributed by atoms with Gasteiger partial charge in [0.2, 0.25) is 0 Å². The molecule has 0 amide bonds. The highest BCUT2D eigenvalue weighted by Gasteiger charge is 2.28. The molecule has 0 N–H and O–H groups in total. The van der Waals surface area contributed by atoms with Crippen LogP contribution in [0.5, 0.6) is 0 Å². The molecule has 0 fully saturated rings. The lowest BCUT2D eigenvalue weighted by Gasteiger charge is -2.10. The van der Waals surface area contributed by atoms with Gasteiger partial charge in [-0.3, -0.25) is 4.74 Å². The average Bonchev–Trinajstić information content (AvgIpc) is 1.85. The molecule has 0 saturated carbocycles. The third kappa shape index (κ3) is 7.65. The van der Waals surface area contributed by atoms with Crippen molar-refractivity contribution in [2.45, 2.75) is 33.1 Å². The molecule has 1 nitrogen and oxygen atoms in total. The fourth-order valence-corrected chi connectivity index (χ4v) is 0.580. The maximum atomic E-state index is 11.4. The molecule has 0 aliphatic heterocycles. The predicted molar refractivity (Wildman–Crippen MR) is 36.1 cm³/mol. The van der Waals surface area contributed by atoms with Crippen LogP contribution in [-0.4, -0.2) is 13.0 Å². The van der Waals surface area contributed by atoms with Crippen LogP contribution in [0, 0.1) is 5.92 Å². The molecule has 68 valence electrons. The molecule has 0 saturated heterocycles. The van der Waals surface area contributed by atoms with Gasteiger partial charge < -0.3 is 0 Å². The van der Waals surface area contributed by atoms with Crippen LogP contribution in [0.4, 0.5) is 13.2 Å². The molecule has 4 heteroatoms. The maximum absolute atomic E-state index is 11.4. The summed E-state index contributed by atoms with van der Waals surface area (Å²) in [7, 11) is 0. The van der Waals surface area contributed by atoms with Gasteiger partial charge in [0.25, 0.3) is 0 Å². The van der Waals surface area contributed by atoms with Crippen molar-refractivity contribution in [1.82, 2.24) is 0 Å². The van der Waals surface area contributed by atoms with Crippen molar-refractivity contribution >= 4 is 0 Å². The van der Waals surface area contributed by atoms with E-state index in [1.807, 2.05) is 13.8 Å². The summed E-state index contributed by atoms with van der Waals surface area (Å²) in [5.74, 6) is 0.303. The Morgan fingerprint density at radius 1 is 1.36 bits per heavy atom. The van der Waals surface area contributed by atoms with Crippen molar-refractivity contribution in [3.63, 3.8) is 0 Å². The Balaban J connectivity index is 3.28. The van der Waals surface area contributed by atoms with Crippen LogP contribution >= 0.6 is 0 Å². The molecule has 1 unspecified atom stereocenters. The number of rotatable bonds is 4. The lowest BCUT2D eigenvalue weighted by atomic mass is 10.1. The lowest BCUT2D eigenvalue weighted by Crippen LogP contribution is -2.15. The van der Waals surface area contributed by atoms with Gasteiger partial charge in [-0.15, -0.1) is 13.2 Å².